The van der Waals surface area contributed by atoms with E-state index in [0.717, 1.165) is 0 Å². The van der Waals surface area contributed by atoms with Crippen molar-refractivity contribution in [3.05, 3.63) is 0 Å². The highest BCUT2D eigenvalue weighted by Gasteiger charge is 2.71. The van der Waals surface area contributed by atoms with E-state index in [9.17, 15) is 48.7 Å². The zero-order valence-corrected chi connectivity index (χ0v) is 9.34. The van der Waals surface area contributed by atoms with Crippen molar-refractivity contribution >= 4 is 5.78 Å². The van der Waals surface area contributed by atoms with E-state index >= 15 is 0 Å². The van der Waals surface area contributed by atoms with E-state index in [1.54, 1.807) is 0 Å². The SMILES string of the molecule is C[C@@](O)(CC(=O)C(F)(F)C(F)(F)F)C(F)(F)C(F)(F)F. The zero-order chi connectivity index (χ0) is 16.8. The predicted octanol–water partition coefficient (Wildman–Crippen LogP) is 3.09. The van der Waals surface area contributed by atoms with Crippen LogP contribution in [0.2, 0.25) is 0 Å². The van der Waals surface area contributed by atoms with Gasteiger partial charge in [-0.2, -0.15) is 43.9 Å². The molecule has 2 nitrogen and oxygen atoms in total. The summed E-state index contributed by atoms with van der Waals surface area (Å²) in [4.78, 5) is 10.6. The molecule has 0 amide bonds. The topological polar surface area (TPSA) is 37.3 Å². The van der Waals surface area contributed by atoms with Crippen molar-refractivity contribution in [3.63, 3.8) is 0 Å². The lowest BCUT2D eigenvalue weighted by Crippen LogP contribution is -2.58. The van der Waals surface area contributed by atoms with Crippen LogP contribution in [0.1, 0.15) is 13.3 Å². The molecule has 0 heterocycles. The molecule has 0 aromatic rings. The molecular formula is C8H6F10O2. The highest BCUT2D eigenvalue weighted by molar-refractivity contribution is 5.87. The number of hydrogen-bond acceptors (Lipinski definition) is 2. The maximum Gasteiger partial charge on any atom is 0.461 e. The summed E-state index contributed by atoms with van der Waals surface area (Å²) in [7, 11) is 0. The zero-order valence-electron chi connectivity index (χ0n) is 9.34. The number of carbonyl (C=O) groups excluding carboxylic acids is 1. The Hall–Kier alpha value is -1.07. The summed E-state index contributed by atoms with van der Waals surface area (Å²) in [5.41, 5.74) is -4.46. The van der Waals surface area contributed by atoms with E-state index in [2.05, 4.69) is 0 Å². The van der Waals surface area contributed by atoms with Crippen molar-refractivity contribution in [2.24, 2.45) is 0 Å². The molecular weight excluding hydrogens is 318 g/mol. The Morgan fingerprint density at radius 2 is 1.20 bits per heavy atom. The van der Waals surface area contributed by atoms with E-state index < -0.39 is 42.0 Å². The summed E-state index contributed by atoms with van der Waals surface area (Å²) < 4.78 is 121. The quantitative estimate of drug-likeness (QED) is 0.807. The maximum absolute atomic E-state index is 12.7. The molecule has 0 saturated carbocycles. The lowest BCUT2D eigenvalue weighted by atomic mass is 9.89. The second-order valence-electron chi connectivity index (χ2n) is 4.02. The second-order valence-corrected chi connectivity index (χ2v) is 4.02. The summed E-state index contributed by atoms with van der Waals surface area (Å²) in [6.45, 7) is -0.370. The van der Waals surface area contributed by atoms with Gasteiger partial charge in [0.15, 0.2) is 0 Å². The number of aliphatic hydroxyl groups is 1. The van der Waals surface area contributed by atoms with Crippen LogP contribution in [0.4, 0.5) is 43.9 Å². The summed E-state index contributed by atoms with van der Waals surface area (Å²) in [5, 5.41) is 8.79. The number of ketones is 1. The summed E-state index contributed by atoms with van der Waals surface area (Å²) >= 11 is 0. The van der Waals surface area contributed by atoms with Crippen molar-refractivity contribution in [1.29, 1.82) is 0 Å². The Labute approximate surface area is 104 Å². The van der Waals surface area contributed by atoms with Gasteiger partial charge in [-0.3, -0.25) is 4.79 Å². The third kappa shape index (κ3) is 3.15. The molecule has 0 aromatic carbocycles. The first-order valence-electron chi connectivity index (χ1n) is 4.52. The van der Waals surface area contributed by atoms with Crippen LogP contribution >= 0.6 is 0 Å². The smallest absolute Gasteiger partial charge is 0.383 e. The van der Waals surface area contributed by atoms with Gasteiger partial charge in [-0.25, -0.2) is 0 Å². The average Bonchev–Trinajstić information content (AvgIpc) is 2.12. The number of rotatable bonds is 4. The van der Waals surface area contributed by atoms with Crippen LogP contribution in [0.25, 0.3) is 0 Å². The molecule has 0 aromatic heterocycles. The van der Waals surface area contributed by atoms with E-state index in [0.29, 0.717) is 0 Å². The van der Waals surface area contributed by atoms with Crippen molar-refractivity contribution in [2.75, 3.05) is 0 Å². The molecule has 0 saturated heterocycles. The van der Waals surface area contributed by atoms with E-state index in [1.165, 1.54) is 0 Å². The molecule has 12 heteroatoms. The van der Waals surface area contributed by atoms with Gasteiger partial charge in [-0.15, -0.1) is 0 Å². The van der Waals surface area contributed by atoms with Crippen LogP contribution < -0.4 is 0 Å². The molecule has 0 unspecified atom stereocenters. The summed E-state index contributed by atoms with van der Waals surface area (Å²) in [6, 6.07) is 0. The van der Waals surface area contributed by atoms with Crippen LogP contribution in [0.15, 0.2) is 0 Å². The van der Waals surface area contributed by atoms with Gasteiger partial charge in [-0.05, 0) is 6.92 Å². The molecule has 0 bridgehead atoms. The molecule has 0 rings (SSSR count). The van der Waals surface area contributed by atoms with Gasteiger partial charge in [0.05, 0.1) is 0 Å². The number of halogens is 10. The third-order valence-corrected chi connectivity index (χ3v) is 2.24. The molecule has 120 valence electrons. The van der Waals surface area contributed by atoms with Gasteiger partial charge < -0.3 is 5.11 Å². The molecule has 0 radical (unpaired) electrons. The first-order chi connectivity index (χ1) is 8.38. The minimum absolute atomic E-state index is 0.370. The summed E-state index contributed by atoms with van der Waals surface area (Å²) in [6.07, 6.45) is -15.7. The normalized spacial score (nSPS) is 17.8. The number of alkyl halides is 10. The predicted molar refractivity (Wildman–Crippen MR) is 42.3 cm³/mol. The molecule has 0 aliphatic carbocycles. The van der Waals surface area contributed by atoms with Gasteiger partial charge in [0.2, 0.25) is 5.78 Å². The highest BCUT2D eigenvalue weighted by atomic mass is 19.4. The van der Waals surface area contributed by atoms with Crippen molar-refractivity contribution in [3.8, 4) is 0 Å². The maximum atomic E-state index is 12.7. The molecule has 0 aliphatic heterocycles. The fourth-order valence-electron chi connectivity index (χ4n) is 0.998. The minimum atomic E-state index is -6.48. The molecule has 20 heavy (non-hydrogen) atoms. The van der Waals surface area contributed by atoms with Gasteiger partial charge in [0, 0.05) is 6.42 Å². The Kier molecular flexibility index (Phi) is 4.49. The molecule has 1 N–H and O–H groups in total. The Morgan fingerprint density at radius 3 is 1.45 bits per heavy atom. The Balaban J connectivity index is 5.38. The van der Waals surface area contributed by atoms with Crippen LogP contribution in [-0.4, -0.2) is 40.7 Å². The van der Waals surface area contributed by atoms with E-state index in [1.807, 2.05) is 0 Å². The third-order valence-electron chi connectivity index (χ3n) is 2.24. The van der Waals surface area contributed by atoms with Crippen molar-refractivity contribution in [1.82, 2.24) is 0 Å². The van der Waals surface area contributed by atoms with Gasteiger partial charge >= 0.3 is 24.2 Å². The molecule has 0 aliphatic rings. The first kappa shape index (κ1) is 18.9. The lowest BCUT2D eigenvalue weighted by Gasteiger charge is -2.34. The molecule has 1 atom stereocenters. The first-order valence-corrected chi connectivity index (χ1v) is 4.52. The molecule has 0 fully saturated rings. The Morgan fingerprint density at radius 1 is 0.850 bits per heavy atom. The summed E-state index contributed by atoms with van der Waals surface area (Å²) in [5.74, 6) is -15.5. The number of hydrogen-bond donors (Lipinski definition) is 1. The lowest BCUT2D eigenvalue weighted by molar-refractivity contribution is -0.339. The van der Waals surface area contributed by atoms with Crippen LogP contribution in [0.3, 0.4) is 0 Å². The largest absolute Gasteiger partial charge is 0.461 e. The van der Waals surface area contributed by atoms with E-state index in [4.69, 9.17) is 5.11 Å². The number of carbonyl (C=O) groups is 1. The molecule has 0 spiro atoms. The van der Waals surface area contributed by atoms with Crippen LogP contribution in [0, 0.1) is 0 Å². The number of Topliss-reactive ketones (excluding diaryl/α,β-unsaturated/α-hetero) is 1. The second kappa shape index (κ2) is 4.74. The standard InChI is InChI=1S/C8H6F10O2/c1-4(20,6(11,12)8(16,17)18)2-3(19)5(9,10)7(13,14)15/h20H,2H2,1H3/t4-/m1/s1. The fourth-order valence-corrected chi connectivity index (χ4v) is 0.998. The monoisotopic (exact) mass is 324 g/mol. The van der Waals surface area contributed by atoms with Crippen LogP contribution in [-0.2, 0) is 4.79 Å². The Bertz CT molecular complexity index is 378. The van der Waals surface area contributed by atoms with Gasteiger partial charge in [0.25, 0.3) is 0 Å². The van der Waals surface area contributed by atoms with Gasteiger partial charge in [-0.1, -0.05) is 0 Å². The highest BCUT2D eigenvalue weighted by Crippen LogP contribution is 2.46. The minimum Gasteiger partial charge on any atom is -0.383 e. The van der Waals surface area contributed by atoms with Crippen LogP contribution in [0.5, 0.6) is 0 Å². The fraction of sp³-hybridized carbons (Fsp3) is 0.875. The van der Waals surface area contributed by atoms with Crippen molar-refractivity contribution < 1.29 is 53.8 Å². The average molecular weight is 324 g/mol. The van der Waals surface area contributed by atoms with Gasteiger partial charge in [0.1, 0.15) is 5.60 Å². The van der Waals surface area contributed by atoms with Crippen molar-refractivity contribution in [2.45, 2.75) is 43.1 Å². The van der Waals surface area contributed by atoms with E-state index in [-0.39, 0.29) is 6.92 Å².